The third-order valence-corrected chi connectivity index (χ3v) is 6.12. The largest absolute Gasteiger partial charge is 0.480 e. The van der Waals surface area contributed by atoms with Gasteiger partial charge in [-0.15, -0.1) is 0 Å². The highest BCUT2D eigenvalue weighted by Gasteiger charge is 2.33. The Labute approximate surface area is 235 Å². The molecule has 0 bridgehead atoms. The molecule has 16 nitrogen and oxygen atoms in total. The molecule has 0 saturated carbocycles. The van der Waals surface area contributed by atoms with Crippen LogP contribution in [0.15, 0.2) is 35.5 Å². The standard InChI is InChI=1S/C25H37N9O7/c1-12(35)20(23(39)33-18(24(40)41)10-19(27)36)34-22(38)17(9-13-11-31-16-7-3-2-5-14(13)16)32-21(37)15(26)6-4-8-30-25(28)29/h2-3,5,7,11-12,15,17-18,20,31,35H,4,6,8-10,26H2,1H3,(H2,27,36)(H,32,37)(H,33,39)(H,34,38)(H,40,41)(H4,28,29,30). The van der Waals surface area contributed by atoms with Crippen molar-refractivity contribution in [2.75, 3.05) is 6.54 Å². The Morgan fingerprint density at radius 3 is 2.24 bits per heavy atom. The van der Waals surface area contributed by atoms with Gasteiger partial charge in [0, 0.05) is 30.1 Å². The molecule has 0 aliphatic carbocycles. The minimum atomic E-state index is -1.68. The molecule has 5 atom stereocenters. The van der Waals surface area contributed by atoms with Crippen LogP contribution in [-0.4, -0.2) is 87.6 Å². The highest BCUT2D eigenvalue weighted by molar-refractivity contribution is 5.95. The number of carboxylic acid groups (broad SMARTS) is 1. The van der Waals surface area contributed by atoms with Gasteiger partial charge in [-0.05, 0) is 31.4 Å². The van der Waals surface area contributed by atoms with Gasteiger partial charge in [0.25, 0.3) is 0 Å². The van der Waals surface area contributed by atoms with Crippen molar-refractivity contribution in [3.05, 3.63) is 36.0 Å². The van der Waals surface area contributed by atoms with Gasteiger partial charge in [0.1, 0.15) is 18.1 Å². The second-order valence-corrected chi connectivity index (χ2v) is 9.48. The van der Waals surface area contributed by atoms with Gasteiger partial charge >= 0.3 is 5.97 Å². The number of aliphatic carboxylic acids is 1. The fourth-order valence-corrected chi connectivity index (χ4v) is 3.98. The Morgan fingerprint density at radius 2 is 1.63 bits per heavy atom. The zero-order valence-corrected chi connectivity index (χ0v) is 22.5. The van der Waals surface area contributed by atoms with Crippen LogP contribution in [0.25, 0.3) is 10.9 Å². The number of nitrogens with two attached hydrogens (primary N) is 4. The number of H-pyrrole nitrogens is 1. The lowest BCUT2D eigenvalue weighted by molar-refractivity contribution is -0.144. The van der Waals surface area contributed by atoms with Crippen molar-refractivity contribution < 1.29 is 34.2 Å². The summed E-state index contributed by atoms with van der Waals surface area (Å²) in [6.07, 6.45) is 0.0688. The number of benzene rings is 1. The first-order valence-electron chi connectivity index (χ1n) is 12.8. The lowest BCUT2D eigenvalue weighted by atomic mass is 10.0. The molecule has 2 aromatic rings. The fourth-order valence-electron chi connectivity index (χ4n) is 3.98. The summed E-state index contributed by atoms with van der Waals surface area (Å²) >= 11 is 0. The number of aliphatic hydroxyl groups excluding tert-OH is 1. The van der Waals surface area contributed by atoms with E-state index in [1.54, 1.807) is 12.3 Å². The number of aromatic amines is 1. The van der Waals surface area contributed by atoms with Gasteiger partial charge in [-0.3, -0.25) is 24.2 Å². The quantitative estimate of drug-likeness (QED) is 0.0545. The van der Waals surface area contributed by atoms with Crippen molar-refractivity contribution in [2.24, 2.45) is 27.9 Å². The number of primary amides is 1. The lowest BCUT2D eigenvalue weighted by Gasteiger charge is -2.26. The van der Waals surface area contributed by atoms with Gasteiger partial charge < -0.3 is 54.1 Å². The maximum absolute atomic E-state index is 13.4. The molecule has 4 amide bonds. The number of hydrogen-bond acceptors (Lipinski definition) is 8. The van der Waals surface area contributed by atoms with E-state index < -0.39 is 66.3 Å². The lowest BCUT2D eigenvalue weighted by Crippen LogP contribution is -2.60. The number of hydrogen-bond donors (Lipinski definition) is 10. The Hall–Kier alpha value is -4.70. The number of carbonyl (C=O) groups excluding carboxylic acids is 4. The zero-order valence-electron chi connectivity index (χ0n) is 22.5. The van der Waals surface area contributed by atoms with E-state index >= 15 is 0 Å². The molecule has 0 aliphatic heterocycles. The molecule has 0 fully saturated rings. The summed E-state index contributed by atoms with van der Waals surface area (Å²) in [6.45, 7) is 1.45. The van der Waals surface area contributed by atoms with Gasteiger partial charge in [-0.25, -0.2) is 4.79 Å². The van der Waals surface area contributed by atoms with Crippen LogP contribution in [0, 0.1) is 0 Å². The van der Waals surface area contributed by atoms with Gasteiger partial charge in [-0.1, -0.05) is 18.2 Å². The molecule has 1 heterocycles. The van der Waals surface area contributed by atoms with Crippen LogP contribution in [0.5, 0.6) is 0 Å². The van der Waals surface area contributed by atoms with Crippen LogP contribution in [0.2, 0.25) is 0 Å². The van der Waals surface area contributed by atoms with Crippen LogP contribution in [-0.2, 0) is 30.4 Å². The topological polar surface area (TPSA) is 294 Å². The molecule has 0 aliphatic rings. The molecule has 1 aromatic heterocycles. The molecule has 1 aromatic carbocycles. The molecule has 16 heteroatoms. The first-order chi connectivity index (χ1) is 19.3. The summed E-state index contributed by atoms with van der Waals surface area (Å²) in [5.41, 5.74) is 23.1. The predicted molar refractivity (Wildman–Crippen MR) is 149 cm³/mol. The second-order valence-electron chi connectivity index (χ2n) is 9.48. The Bertz CT molecular complexity index is 1270. The fraction of sp³-hybridized carbons (Fsp3) is 0.440. The third-order valence-electron chi connectivity index (χ3n) is 6.12. The molecule has 0 saturated heterocycles. The van der Waals surface area contributed by atoms with Gasteiger partial charge in [0.15, 0.2) is 5.96 Å². The number of aromatic nitrogens is 1. The molecule has 224 valence electrons. The van der Waals surface area contributed by atoms with Crippen LogP contribution in [0.3, 0.4) is 0 Å². The average Bonchev–Trinajstić information content (AvgIpc) is 3.30. The highest BCUT2D eigenvalue weighted by atomic mass is 16.4. The highest BCUT2D eigenvalue weighted by Crippen LogP contribution is 2.19. The summed E-state index contributed by atoms with van der Waals surface area (Å²) in [6, 6.07) is 1.71. The van der Waals surface area contributed by atoms with E-state index in [-0.39, 0.29) is 25.3 Å². The first-order valence-corrected chi connectivity index (χ1v) is 12.8. The number of nitrogens with zero attached hydrogens (tertiary/aromatic N) is 1. The maximum Gasteiger partial charge on any atom is 0.326 e. The van der Waals surface area contributed by atoms with E-state index in [4.69, 9.17) is 22.9 Å². The van der Waals surface area contributed by atoms with Crippen LogP contribution in [0.4, 0.5) is 0 Å². The van der Waals surface area contributed by atoms with Crippen LogP contribution < -0.4 is 38.9 Å². The van der Waals surface area contributed by atoms with E-state index in [0.29, 0.717) is 12.0 Å². The van der Waals surface area contributed by atoms with Gasteiger partial charge in [-0.2, -0.15) is 0 Å². The number of aliphatic hydroxyl groups is 1. The summed E-state index contributed by atoms with van der Waals surface area (Å²) in [5.74, 6) is -5.19. The molecular formula is C25H37N9O7. The van der Waals surface area contributed by atoms with E-state index in [1.165, 1.54) is 6.92 Å². The minimum absolute atomic E-state index is 0.0180. The van der Waals surface area contributed by atoms with E-state index in [2.05, 4.69) is 25.9 Å². The second kappa shape index (κ2) is 15.2. The monoisotopic (exact) mass is 575 g/mol. The van der Waals surface area contributed by atoms with Crippen molar-refractivity contribution in [2.45, 2.75) is 62.9 Å². The number of amides is 4. The Morgan fingerprint density at radius 1 is 0.976 bits per heavy atom. The average molecular weight is 576 g/mol. The molecule has 2 rings (SSSR count). The molecule has 41 heavy (non-hydrogen) atoms. The number of rotatable bonds is 16. The first kappa shape index (κ1) is 32.5. The predicted octanol–water partition coefficient (Wildman–Crippen LogP) is -3.11. The normalized spacial score (nSPS) is 14.6. The molecule has 0 spiro atoms. The summed E-state index contributed by atoms with van der Waals surface area (Å²) in [5, 5.41) is 27.3. The van der Waals surface area contributed by atoms with E-state index in [9.17, 15) is 34.2 Å². The number of nitrogens with one attached hydrogen (secondary N) is 4. The summed E-state index contributed by atoms with van der Waals surface area (Å²) in [4.78, 5) is 68.7. The van der Waals surface area contributed by atoms with Gasteiger partial charge in [0.2, 0.25) is 23.6 Å². The smallest absolute Gasteiger partial charge is 0.326 e. The Kier molecular flexibility index (Phi) is 12.0. The van der Waals surface area contributed by atoms with Crippen molar-refractivity contribution in [1.82, 2.24) is 20.9 Å². The summed E-state index contributed by atoms with van der Waals surface area (Å²) < 4.78 is 0. The third kappa shape index (κ3) is 10.1. The van der Waals surface area contributed by atoms with Crippen molar-refractivity contribution in [3.8, 4) is 0 Å². The number of carboxylic acids is 1. The molecule has 0 radical (unpaired) electrons. The SMILES string of the molecule is CC(O)C(NC(=O)C(Cc1c[nH]c2ccccc12)NC(=O)C(N)CCCN=C(N)N)C(=O)NC(CC(N)=O)C(=O)O. The Balaban J connectivity index is 2.25. The van der Waals surface area contributed by atoms with Crippen molar-refractivity contribution in [3.63, 3.8) is 0 Å². The van der Waals surface area contributed by atoms with Crippen LogP contribution >= 0.6 is 0 Å². The number of para-hydroxylation sites is 1. The summed E-state index contributed by atoms with van der Waals surface area (Å²) in [7, 11) is 0. The number of carbonyl (C=O) groups is 5. The van der Waals surface area contributed by atoms with Gasteiger partial charge in [0.05, 0.1) is 18.6 Å². The number of fused-ring (bicyclic) bond motifs is 1. The van der Waals surface area contributed by atoms with Crippen LogP contribution in [0.1, 0.15) is 31.7 Å². The van der Waals surface area contributed by atoms with Crippen molar-refractivity contribution in [1.29, 1.82) is 0 Å². The number of aliphatic imine (C=N–C) groups is 1. The maximum atomic E-state index is 13.4. The molecule has 14 N–H and O–H groups in total. The molecule has 5 unspecified atom stereocenters. The van der Waals surface area contributed by atoms with E-state index in [0.717, 1.165) is 10.9 Å². The van der Waals surface area contributed by atoms with Crippen molar-refractivity contribution >= 4 is 46.5 Å². The molecular weight excluding hydrogens is 538 g/mol. The van der Waals surface area contributed by atoms with E-state index in [1.807, 2.05) is 18.2 Å². The number of guanidine groups is 1. The zero-order chi connectivity index (χ0) is 30.7. The minimum Gasteiger partial charge on any atom is -0.480 e.